The molecule has 100 valence electrons. The number of H-pyrrole nitrogens is 1. The van der Waals surface area contributed by atoms with E-state index in [1.165, 1.54) is 29.5 Å². The Morgan fingerprint density at radius 2 is 2.21 bits per heavy atom. The fourth-order valence-corrected chi connectivity index (χ4v) is 2.74. The number of fused-ring (bicyclic) bond motifs is 3. The lowest BCUT2D eigenvalue weighted by Gasteiger charge is -2.10. The van der Waals surface area contributed by atoms with Crippen LogP contribution in [0.1, 0.15) is 41.4 Å². The molecule has 0 spiro atoms. The van der Waals surface area contributed by atoms with Crippen LogP contribution in [0.25, 0.3) is 10.9 Å². The van der Waals surface area contributed by atoms with E-state index in [2.05, 4.69) is 10.5 Å². The summed E-state index contributed by atoms with van der Waals surface area (Å²) in [6, 6.07) is 5.78. The van der Waals surface area contributed by atoms with Crippen LogP contribution in [0.3, 0.4) is 0 Å². The predicted molar refractivity (Wildman–Crippen MR) is 74.0 cm³/mol. The average molecular weight is 258 g/mol. The Hall–Kier alpha value is -1.81. The molecule has 1 heterocycles. The molecule has 0 aliphatic heterocycles. The molecule has 0 unspecified atom stereocenters. The monoisotopic (exact) mass is 258 g/mol. The van der Waals surface area contributed by atoms with E-state index in [1.54, 1.807) is 0 Å². The van der Waals surface area contributed by atoms with E-state index < -0.39 is 0 Å². The molecular formula is C15H18N2O2. The Morgan fingerprint density at radius 1 is 1.37 bits per heavy atom. The molecule has 19 heavy (non-hydrogen) atoms. The molecule has 4 heteroatoms. The lowest BCUT2D eigenvalue weighted by molar-refractivity contribution is 0.0364. The van der Waals surface area contributed by atoms with Crippen molar-refractivity contribution in [2.24, 2.45) is 0 Å². The quantitative estimate of drug-likeness (QED) is 0.832. The molecular weight excluding hydrogens is 240 g/mol. The summed E-state index contributed by atoms with van der Waals surface area (Å²) in [5.41, 5.74) is 6.93. The summed E-state index contributed by atoms with van der Waals surface area (Å²) in [6.07, 6.45) is 4.70. The number of rotatable bonds is 3. The van der Waals surface area contributed by atoms with E-state index in [0.717, 1.165) is 18.4 Å². The van der Waals surface area contributed by atoms with Gasteiger partial charge in [0.05, 0.1) is 6.61 Å². The van der Waals surface area contributed by atoms with Gasteiger partial charge in [-0.3, -0.25) is 9.63 Å². The van der Waals surface area contributed by atoms with Crippen LogP contribution in [0.2, 0.25) is 0 Å². The summed E-state index contributed by atoms with van der Waals surface area (Å²) in [4.78, 5) is 20.3. The number of carbonyl (C=O) groups excluding carboxylic acids is 1. The van der Waals surface area contributed by atoms with Gasteiger partial charge in [-0.05, 0) is 56.4 Å². The third-order valence-corrected chi connectivity index (χ3v) is 3.67. The lowest BCUT2D eigenvalue weighted by atomic mass is 9.95. The third kappa shape index (κ3) is 2.24. The van der Waals surface area contributed by atoms with Crippen molar-refractivity contribution < 1.29 is 9.63 Å². The Morgan fingerprint density at radius 3 is 3.05 bits per heavy atom. The van der Waals surface area contributed by atoms with E-state index in [4.69, 9.17) is 4.84 Å². The molecule has 0 atom stereocenters. The first-order valence-corrected chi connectivity index (χ1v) is 6.85. The third-order valence-electron chi connectivity index (χ3n) is 3.67. The molecule has 1 aromatic carbocycles. The number of hydroxylamine groups is 1. The summed E-state index contributed by atoms with van der Waals surface area (Å²) in [7, 11) is 0. The maximum atomic E-state index is 11.9. The second-order valence-corrected chi connectivity index (χ2v) is 4.91. The largest absolute Gasteiger partial charge is 0.358 e. The van der Waals surface area contributed by atoms with Gasteiger partial charge in [0, 0.05) is 22.2 Å². The summed E-state index contributed by atoms with van der Waals surface area (Å²) in [6.45, 7) is 2.31. The molecule has 3 rings (SSSR count). The summed E-state index contributed by atoms with van der Waals surface area (Å²) in [5.74, 6) is -0.186. The van der Waals surface area contributed by atoms with Crippen LogP contribution in [-0.4, -0.2) is 17.5 Å². The van der Waals surface area contributed by atoms with Gasteiger partial charge in [-0.25, -0.2) is 5.48 Å². The van der Waals surface area contributed by atoms with Crippen molar-refractivity contribution in [3.63, 3.8) is 0 Å². The SMILES string of the molecule is CCONC(=O)c1ccc2[nH]c3c(c2c1)CCCC3. The average Bonchev–Trinajstić information content (AvgIpc) is 2.82. The number of amides is 1. The van der Waals surface area contributed by atoms with Gasteiger partial charge in [-0.2, -0.15) is 0 Å². The highest BCUT2D eigenvalue weighted by Gasteiger charge is 2.16. The highest BCUT2D eigenvalue weighted by atomic mass is 16.6. The Bertz CT molecular complexity index is 616. The van der Waals surface area contributed by atoms with Gasteiger partial charge in [-0.15, -0.1) is 0 Å². The minimum absolute atomic E-state index is 0.186. The van der Waals surface area contributed by atoms with E-state index in [-0.39, 0.29) is 5.91 Å². The maximum Gasteiger partial charge on any atom is 0.274 e. The Labute approximate surface area is 112 Å². The highest BCUT2D eigenvalue weighted by molar-refractivity contribution is 5.98. The number of aromatic nitrogens is 1. The second kappa shape index (κ2) is 5.05. The van der Waals surface area contributed by atoms with Crippen LogP contribution in [0.15, 0.2) is 18.2 Å². The molecule has 1 aliphatic rings. The zero-order valence-electron chi connectivity index (χ0n) is 11.1. The van der Waals surface area contributed by atoms with Crippen LogP contribution in [0.5, 0.6) is 0 Å². The van der Waals surface area contributed by atoms with Gasteiger partial charge in [0.2, 0.25) is 0 Å². The molecule has 2 N–H and O–H groups in total. The molecule has 0 saturated carbocycles. The molecule has 4 nitrogen and oxygen atoms in total. The standard InChI is InChI=1S/C15H18N2O2/c1-2-19-17-15(18)10-7-8-14-12(9-10)11-5-3-4-6-13(11)16-14/h7-9,16H,2-6H2,1H3,(H,17,18). The van der Waals surface area contributed by atoms with Gasteiger partial charge in [0.15, 0.2) is 0 Å². The predicted octanol–water partition coefficient (Wildman–Crippen LogP) is 2.73. The fraction of sp³-hybridized carbons (Fsp3) is 0.400. The van der Waals surface area contributed by atoms with E-state index >= 15 is 0 Å². The fourth-order valence-electron chi connectivity index (χ4n) is 2.74. The van der Waals surface area contributed by atoms with Gasteiger partial charge in [-0.1, -0.05) is 0 Å². The molecule has 0 saturated heterocycles. The number of carbonyl (C=O) groups is 1. The summed E-state index contributed by atoms with van der Waals surface area (Å²) in [5, 5.41) is 1.18. The maximum absolute atomic E-state index is 11.9. The molecule has 1 amide bonds. The van der Waals surface area contributed by atoms with Gasteiger partial charge in [0.1, 0.15) is 0 Å². The molecule has 0 bridgehead atoms. The van der Waals surface area contributed by atoms with Crippen LogP contribution in [-0.2, 0) is 17.7 Å². The first kappa shape index (κ1) is 12.2. The number of hydrogen-bond acceptors (Lipinski definition) is 2. The number of aryl methyl sites for hydroxylation is 2. The van der Waals surface area contributed by atoms with Crippen molar-refractivity contribution in [1.29, 1.82) is 0 Å². The number of aromatic amines is 1. The van der Waals surface area contributed by atoms with Crippen molar-refractivity contribution in [2.45, 2.75) is 32.6 Å². The van der Waals surface area contributed by atoms with Crippen LogP contribution >= 0.6 is 0 Å². The Kier molecular flexibility index (Phi) is 3.25. The number of nitrogens with one attached hydrogen (secondary N) is 2. The zero-order chi connectivity index (χ0) is 13.2. The minimum Gasteiger partial charge on any atom is -0.358 e. The first-order valence-electron chi connectivity index (χ1n) is 6.85. The second-order valence-electron chi connectivity index (χ2n) is 4.91. The van der Waals surface area contributed by atoms with E-state index in [1.807, 2.05) is 25.1 Å². The van der Waals surface area contributed by atoms with Gasteiger partial charge < -0.3 is 4.98 Å². The van der Waals surface area contributed by atoms with Crippen molar-refractivity contribution in [1.82, 2.24) is 10.5 Å². The minimum atomic E-state index is -0.186. The van der Waals surface area contributed by atoms with Gasteiger partial charge >= 0.3 is 0 Å². The van der Waals surface area contributed by atoms with Crippen molar-refractivity contribution >= 4 is 16.8 Å². The van der Waals surface area contributed by atoms with Crippen molar-refractivity contribution in [3.05, 3.63) is 35.0 Å². The van der Waals surface area contributed by atoms with Gasteiger partial charge in [0.25, 0.3) is 5.91 Å². The topological polar surface area (TPSA) is 54.1 Å². The highest BCUT2D eigenvalue weighted by Crippen LogP contribution is 2.29. The van der Waals surface area contributed by atoms with E-state index in [9.17, 15) is 4.79 Å². The lowest BCUT2D eigenvalue weighted by Crippen LogP contribution is -2.23. The molecule has 0 fully saturated rings. The molecule has 1 aromatic heterocycles. The van der Waals surface area contributed by atoms with Crippen molar-refractivity contribution in [2.75, 3.05) is 6.61 Å². The first-order chi connectivity index (χ1) is 9.29. The van der Waals surface area contributed by atoms with Crippen LogP contribution < -0.4 is 5.48 Å². The normalized spacial score (nSPS) is 14.4. The smallest absolute Gasteiger partial charge is 0.274 e. The van der Waals surface area contributed by atoms with E-state index in [0.29, 0.717) is 12.2 Å². The molecule has 1 aliphatic carbocycles. The Balaban J connectivity index is 1.98. The van der Waals surface area contributed by atoms with Crippen molar-refractivity contribution in [3.8, 4) is 0 Å². The van der Waals surface area contributed by atoms with Crippen LogP contribution in [0.4, 0.5) is 0 Å². The summed E-state index contributed by atoms with van der Waals surface area (Å²) >= 11 is 0. The molecule has 2 aromatic rings. The molecule has 0 radical (unpaired) electrons. The summed E-state index contributed by atoms with van der Waals surface area (Å²) < 4.78 is 0. The number of benzene rings is 1. The van der Waals surface area contributed by atoms with Crippen LogP contribution in [0, 0.1) is 0 Å². The number of hydrogen-bond donors (Lipinski definition) is 2. The zero-order valence-corrected chi connectivity index (χ0v) is 11.1.